The van der Waals surface area contributed by atoms with Crippen molar-refractivity contribution in [1.82, 2.24) is 0 Å². The van der Waals surface area contributed by atoms with Crippen LogP contribution in [0, 0.1) is 0 Å². The number of rotatable bonds is 1. The van der Waals surface area contributed by atoms with Crippen LogP contribution in [0.4, 0.5) is 5.69 Å². The highest BCUT2D eigenvalue weighted by Gasteiger charge is 2.24. The van der Waals surface area contributed by atoms with Crippen molar-refractivity contribution in [2.75, 3.05) is 12.4 Å². The third kappa shape index (κ3) is 0.973. The van der Waals surface area contributed by atoms with Crippen molar-refractivity contribution in [1.29, 1.82) is 0 Å². The van der Waals surface area contributed by atoms with E-state index in [9.17, 15) is 4.79 Å². The van der Waals surface area contributed by atoms with E-state index in [-0.39, 0.29) is 5.91 Å². The fourth-order valence-corrected chi connectivity index (χ4v) is 2.04. The maximum Gasteiger partial charge on any atom is 0.260 e. The van der Waals surface area contributed by atoms with Crippen LogP contribution in [0.2, 0.25) is 0 Å². The van der Waals surface area contributed by atoms with Crippen LogP contribution in [0.25, 0.3) is 10.8 Å². The predicted octanol–water partition coefficient (Wildman–Crippen LogP) is 2.41. The van der Waals surface area contributed by atoms with Gasteiger partial charge in [0.05, 0.1) is 12.7 Å². The Morgan fingerprint density at radius 2 is 2.07 bits per heavy atom. The molecule has 0 bridgehead atoms. The molecule has 0 unspecified atom stereocenters. The zero-order valence-electron chi connectivity index (χ0n) is 8.20. The molecule has 2 aromatic carbocycles. The van der Waals surface area contributed by atoms with Crippen molar-refractivity contribution in [3.63, 3.8) is 0 Å². The van der Waals surface area contributed by atoms with Gasteiger partial charge in [0.2, 0.25) is 0 Å². The number of hydrogen-bond donors (Lipinski definition) is 1. The molecule has 0 aromatic heterocycles. The van der Waals surface area contributed by atoms with E-state index >= 15 is 0 Å². The molecule has 1 N–H and O–H groups in total. The van der Waals surface area contributed by atoms with E-state index in [1.165, 1.54) is 0 Å². The number of carbonyl (C=O) groups is 1. The molecule has 3 nitrogen and oxygen atoms in total. The minimum absolute atomic E-state index is 0.0846. The Kier molecular flexibility index (Phi) is 1.51. The fourth-order valence-electron chi connectivity index (χ4n) is 2.04. The van der Waals surface area contributed by atoms with Gasteiger partial charge in [0.15, 0.2) is 0 Å². The van der Waals surface area contributed by atoms with Crippen LogP contribution in [0.3, 0.4) is 0 Å². The monoisotopic (exact) mass is 199 g/mol. The van der Waals surface area contributed by atoms with Crippen molar-refractivity contribution in [3.8, 4) is 5.75 Å². The smallest absolute Gasteiger partial charge is 0.260 e. The van der Waals surface area contributed by atoms with Crippen LogP contribution in [-0.4, -0.2) is 13.0 Å². The summed E-state index contributed by atoms with van der Waals surface area (Å²) < 4.78 is 5.19. The minimum Gasteiger partial charge on any atom is -0.496 e. The van der Waals surface area contributed by atoms with E-state index in [4.69, 9.17) is 4.74 Å². The summed E-state index contributed by atoms with van der Waals surface area (Å²) in [6, 6.07) is 9.60. The average molecular weight is 199 g/mol. The summed E-state index contributed by atoms with van der Waals surface area (Å²) in [5, 5.41) is 4.84. The van der Waals surface area contributed by atoms with E-state index in [1.54, 1.807) is 7.11 Å². The first-order chi connectivity index (χ1) is 7.31. The first-order valence-corrected chi connectivity index (χ1v) is 4.72. The highest BCUT2D eigenvalue weighted by atomic mass is 16.5. The number of hydrogen-bond acceptors (Lipinski definition) is 2. The zero-order valence-corrected chi connectivity index (χ0v) is 8.20. The molecule has 0 saturated carbocycles. The van der Waals surface area contributed by atoms with E-state index in [0.29, 0.717) is 11.3 Å². The van der Waals surface area contributed by atoms with E-state index in [2.05, 4.69) is 5.32 Å². The molecule has 0 aliphatic carbocycles. The molecule has 0 saturated heterocycles. The number of amides is 1. The lowest BCUT2D eigenvalue weighted by Gasteiger charge is -2.04. The highest BCUT2D eigenvalue weighted by Crippen LogP contribution is 2.37. The van der Waals surface area contributed by atoms with Gasteiger partial charge in [0.1, 0.15) is 5.75 Å². The number of ether oxygens (including phenoxy) is 1. The van der Waals surface area contributed by atoms with Gasteiger partial charge in [-0.1, -0.05) is 18.2 Å². The molecule has 0 fully saturated rings. The second kappa shape index (κ2) is 2.73. The Hall–Kier alpha value is -2.03. The fraction of sp³-hybridized carbons (Fsp3) is 0.0833. The van der Waals surface area contributed by atoms with Crippen molar-refractivity contribution in [3.05, 3.63) is 35.9 Å². The first kappa shape index (κ1) is 8.29. The van der Waals surface area contributed by atoms with Gasteiger partial charge in [-0.2, -0.15) is 0 Å². The molecule has 3 heteroatoms. The summed E-state index contributed by atoms with van der Waals surface area (Å²) in [4.78, 5) is 11.7. The quantitative estimate of drug-likeness (QED) is 0.765. The molecule has 15 heavy (non-hydrogen) atoms. The normalized spacial score (nSPS) is 13.0. The van der Waals surface area contributed by atoms with Gasteiger partial charge in [-0.15, -0.1) is 0 Å². The molecule has 1 aliphatic rings. The maximum absolute atomic E-state index is 11.7. The number of carbonyl (C=O) groups excluding carboxylic acids is 1. The van der Waals surface area contributed by atoms with Gasteiger partial charge in [-0.05, 0) is 17.5 Å². The first-order valence-electron chi connectivity index (χ1n) is 4.72. The third-order valence-corrected chi connectivity index (χ3v) is 2.70. The number of nitrogens with one attached hydrogen (secondary N) is 1. The van der Waals surface area contributed by atoms with Gasteiger partial charge >= 0.3 is 0 Å². The van der Waals surface area contributed by atoms with Crippen LogP contribution in [0.1, 0.15) is 10.4 Å². The molecule has 3 rings (SSSR count). The summed E-state index contributed by atoms with van der Waals surface area (Å²) in [6.07, 6.45) is 0. The summed E-state index contributed by atoms with van der Waals surface area (Å²) in [5.74, 6) is 0.545. The lowest BCUT2D eigenvalue weighted by Crippen LogP contribution is -2.05. The van der Waals surface area contributed by atoms with Crippen LogP contribution < -0.4 is 10.1 Å². The Morgan fingerprint density at radius 3 is 2.87 bits per heavy atom. The van der Waals surface area contributed by atoms with Crippen LogP contribution in [0.5, 0.6) is 5.75 Å². The van der Waals surface area contributed by atoms with E-state index in [1.807, 2.05) is 30.3 Å². The van der Waals surface area contributed by atoms with Crippen molar-refractivity contribution in [2.45, 2.75) is 0 Å². The number of benzene rings is 2. The molecular weight excluding hydrogens is 190 g/mol. The Bertz CT molecular complexity index is 575. The standard InChI is InChI=1S/C12H9NO2/c1-15-9-6-5-7-3-2-4-8-10(7)11(9)12(14)13-8/h2-6H,1H3,(H,13,14). The molecule has 0 spiro atoms. The largest absolute Gasteiger partial charge is 0.496 e. The molecule has 1 aliphatic heterocycles. The highest BCUT2D eigenvalue weighted by molar-refractivity contribution is 6.25. The lowest BCUT2D eigenvalue weighted by molar-refractivity contribution is 0.102. The Balaban J connectivity index is 2.50. The molecule has 2 aromatic rings. The maximum atomic E-state index is 11.7. The minimum atomic E-state index is -0.0846. The molecule has 74 valence electrons. The Labute approximate surface area is 86.7 Å². The molecule has 0 atom stereocenters. The van der Waals surface area contributed by atoms with Crippen LogP contribution in [-0.2, 0) is 0 Å². The summed E-state index contributed by atoms with van der Waals surface area (Å²) in [7, 11) is 1.58. The second-order valence-electron chi connectivity index (χ2n) is 3.50. The van der Waals surface area contributed by atoms with Crippen LogP contribution >= 0.6 is 0 Å². The predicted molar refractivity (Wildman–Crippen MR) is 58.5 cm³/mol. The molecular formula is C12H9NO2. The lowest BCUT2D eigenvalue weighted by atomic mass is 10.0. The number of methoxy groups -OCH3 is 1. The average Bonchev–Trinajstić information content (AvgIpc) is 2.59. The van der Waals surface area contributed by atoms with Gasteiger partial charge in [0.25, 0.3) is 5.91 Å². The van der Waals surface area contributed by atoms with Crippen molar-refractivity contribution in [2.24, 2.45) is 0 Å². The molecule has 1 amide bonds. The van der Waals surface area contributed by atoms with Crippen LogP contribution in [0.15, 0.2) is 30.3 Å². The van der Waals surface area contributed by atoms with E-state index < -0.39 is 0 Å². The SMILES string of the molecule is COc1ccc2cccc3c2c1C(=O)N3. The van der Waals surface area contributed by atoms with Gasteiger partial charge in [0, 0.05) is 11.1 Å². The van der Waals surface area contributed by atoms with Crippen molar-refractivity contribution < 1.29 is 9.53 Å². The number of anilines is 1. The molecule has 1 heterocycles. The van der Waals surface area contributed by atoms with E-state index in [0.717, 1.165) is 16.5 Å². The van der Waals surface area contributed by atoms with Gasteiger partial charge in [-0.25, -0.2) is 0 Å². The van der Waals surface area contributed by atoms with Crippen molar-refractivity contribution >= 4 is 22.4 Å². The summed E-state index contributed by atoms with van der Waals surface area (Å²) >= 11 is 0. The third-order valence-electron chi connectivity index (χ3n) is 2.70. The summed E-state index contributed by atoms with van der Waals surface area (Å²) in [5.41, 5.74) is 1.51. The Morgan fingerprint density at radius 1 is 1.20 bits per heavy atom. The second-order valence-corrected chi connectivity index (χ2v) is 3.50. The zero-order chi connectivity index (χ0) is 10.4. The summed E-state index contributed by atoms with van der Waals surface area (Å²) in [6.45, 7) is 0. The van der Waals surface area contributed by atoms with Gasteiger partial charge in [-0.3, -0.25) is 4.79 Å². The van der Waals surface area contributed by atoms with Gasteiger partial charge < -0.3 is 10.1 Å². The molecule has 0 radical (unpaired) electrons. The topological polar surface area (TPSA) is 38.3 Å².